The molecular formula is C13H25N3O2. The van der Waals surface area contributed by atoms with Gasteiger partial charge in [-0.1, -0.05) is 13.8 Å². The molecule has 0 spiro atoms. The van der Waals surface area contributed by atoms with Crippen molar-refractivity contribution in [1.82, 2.24) is 10.2 Å². The standard InChI is InChI=1S/C13H25N3O2/c1-10(2)15-7-3-6-12(17)16-8-4-5-11(9-16)13(14)18/h10-11,15H,3-9H2,1-2H3,(H2,14,18). The van der Waals surface area contributed by atoms with Gasteiger partial charge < -0.3 is 16.0 Å². The first kappa shape index (κ1) is 15.0. The van der Waals surface area contributed by atoms with Crippen LogP contribution in [0, 0.1) is 5.92 Å². The van der Waals surface area contributed by atoms with Crippen molar-refractivity contribution in [2.45, 2.75) is 45.6 Å². The average Bonchev–Trinajstić information content (AvgIpc) is 2.34. The third-order valence-corrected chi connectivity index (χ3v) is 3.30. The topological polar surface area (TPSA) is 75.4 Å². The first-order valence-electron chi connectivity index (χ1n) is 6.81. The Hall–Kier alpha value is -1.10. The molecule has 0 aromatic heterocycles. The molecule has 1 atom stereocenters. The number of nitrogens with two attached hydrogens (primary N) is 1. The summed E-state index contributed by atoms with van der Waals surface area (Å²) in [4.78, 5) is 24.9. The van der Waals surface area contributed by atoms with E-state index in [9.17, 15) is 9.59 Å². The SMILES string of the molecule is CC(C)NCCCC(=O)N1CCCC(C(N)=O)C1. The number of nitrogens with zero attached hydrogens (tertiary/aromatic N) is 1. The van der Waals surface area contributed by atoms with Gasteiger partial charge >= 0.3 is 0 Å². The molecule has 0 aromatic rings. The van der Waals surface area contributed by atoms with Crippen LogP contribution in [0.25, 0.3) is 0 Å². The molecule has 1 heterocycles. The number of likely N-dealkylation sites (tertiary alicyclic amines) is 1. The Morgan fingerprint density at radius 2 is 2.17 bits per heavy atom. The summed E-state index contributed by atoms with van der Waals surface area (Å²) in [5, 5.41) is 3.29. The maximum absolute atomic E-state index is 12.0. The summed E-state index contributed by atoms with van der Waals surface area (Å²) in [6, 6.07) is 0.453. The van der Waals surface area contributed by atoms with Crippen molar-refractivity contribution in [2.75, 3.05) is 19.6 Å². The largest absolute Gasteiger partial charge is 0.369 e. The van der Waals surface area contributed by atoms with Crippen LogP contribution < -0.4 is 11.1 Å². The first-order valence-corrected chi connectivity index (χ1v) is 6.81. The van der Waals surface area contributed by atoms with E-state index < -0.39 is 0 Å². The van der Waals surface area contributed by atoms with Crippen LogP contribution in [-0.2, 0) is 9.59 Å². The van der Waals surface area contributed by atoms with Crippen LogP contribution in [0.15, 0.2) is 0 Å². The van der Waals surface area contributed by atoms with Crippen molar-refractivity contribution in [1.29, 1.82) is 0 Å². The van der Waals surface area contributed by atoms with Gasteiger partial charge in [-0.3, -0.25) is 9.59 Å². The van der Waals surface area contributed by atoms with E-state index in [1.165, 1.54) is 0 Å². The molecule has 5 heteroatoms. The number of primary amides is 1. The second-order valence-electron chi connectivity index (χ2n) is 5.29. The van der Waals surface area contributed by atoms with Gasteiger partial charge in [0.25, 0.3) is 0 Å². The van der Waals surface area contributed by atoms with E-state index in [0.717, 1.165) is 32.4 Å². The van der Waals surface area contributed by atoms with Crippen LogP contribution in [0.2, 0.25) is 0 Å². The molecule has 2 amide bonds. The zero-order valence-electron chi connectivity index (χ0n) is 11.4. The van der Waals surface area contributed by atoms with Crippen molar-refractivity contribution in [3.05, 3.63) is 0 Å². The van der Waals surface area contributed by atoms with Crippen molar-refractivity contribution < 1.29 is 9.59 Å². The summed E-state index contributed by atoms with van der Waals surface area (Å²) < 4.78 is 0. The number of piperidine rings is 1. The normalized spacial score (nSPS) is 20.2. The highest BCUT2D eigenvalue weighted by Crippen LogP contribution is 2.16. The summed E-state index contributed by atoms with van der Waals surface area (Å²) >= 11 is 0. The molecule has 1 saturated heterocycles. The maximum Gasteiger partial charge on any atom is 0.222 e. The fourth-order valence-electron chi connectivity index (χ4n) is 2.22. The number of amides is 2. The van der Waals surface area contributed by atoms with Crippen LogP contribution in [0.1, 0.15) is 39.5 Å². The minimum atomic E-state index is -0.283. The lowest BCUT2D eigenvalue weighted by Crippen LogP contribution is -2.44. The van der Waals surface area contributed by atoms with Crippen molar-refractivity contribution in [2.24, 2.45) is 11.7 Å². The second-order valence-corrected chi connectivity index (χ2v) is 5.29. The fraction of sp³-hybridized carbons (Fsp3) is 0.846. The molecule has 1 aliphatic rings. The Morgan fingerprint density at radius 3 is 2.78 bits per heavy atom. The van der Waals surface area contributed by atoms with Gasteiger partial charge in [0, 0.05) is 25.6 Å². The Balaban J connectivity index is 2.26. The van der Waals surface area contributed by atoms with E-state index in [-0.39, 0.29) is 17.7 Å². The van der Waals surface area contributed by atoms with Gasteiger partial charge in [-0.15, -0.1) is 0 Å². The highest BCUT2D eigenvalue weighted by Gasteiger charge is 2.26. The number of carbonyl (C=O) groups is 2. The molecule has 0 aliphatic carbocycles. The van der Waals surface area contributed by atoms with Gasteiger partial charge in [-0.05, 0) is 25.8 Å². The lowest BCUT2D eigenvalue weighted by atomic mass is 9.97. The Morgan fingerprint density at radius 1 is 1.44 bits per heavy atom. The van der Waals surface area contributed by atoms with E-state index in [0.29, 0.717) is 19.0 Å². The number of hydrogen-bond acceptors (Lipinski definition) is 3. The molecule has 0 bridgehead atoms. The molecule has 1 unspecified atom stereocenters. The van der Waals surface area contributed by atoms with E-state index in [1.54, 1.807) is 4.90 Å². The van der Waals surface area contributed by atoms with Crippen molar-refractivity contribution >= 4 is 11.8 Å². The molecule has 0 aromatic carbocycles. The third kappa shape index (κ3) is 5.04. The quantitative estimate of drug-likeness (QED) is 0.678. The first-order chi connectivity index (χ1) is 8.50. The van der Waals surface area contributed by atoms with E-state index in [4.69, 9.17) is 5.73 Å². The molecule has 1 fully saturated rings. The second kappa shape index (κ2) is 7.36. The summed E-state index contributed by atoms with van der Waals surface area (Å²) in [6.07, 6.45) is 3.08. The predicted molar refractivity (Wildman–Crippen MR) is 70.9 cm³/mol. The van der Waals surface area contributed by atoms with Gasteiger partial charge in [-0.2, -0.15) is 0 Å². The molecule has 0 saturated carbocycles. The van der Waals surface area contributed by atoms with Gasteiger partial charge in [0.1, 0.15) is 0 Å². The van der Waals surface area contributed by atoms with E-state index in [1.807, 2.05) is 0 Å². The van der Waals surface area contributed by atoms with Crippen molar-refractivity contribution in [3.63, 3.8) is 0 Å². The molecule has 0 radical (unpaired) electrons. The fourth-order valence-corrected chi connectivity index (χ4v) is 2.22. The van der Waals surface area contributed by atoms with Crippen LogP contribution in [-0.4, -0.2) is 42.4 Å². The predicted octanol–water partition coefficient (Wildman–Crippen LogP) is 0.489. The zero-order valence-corrected chi connectivity index (χ0v) is 11.4. The Bertz CT molecular complexity index is 292. The maximum atomic E-state index is 12.0. The number of carbonyl (C=O) groups excluding carboxylic acids is 2. The minimum absolute atomic E-state index is 0.145. The molecule has 104 valence electrons. The zero-order chi connectivity index (χ0) is 13.5. The number of nitrogens with one attached hydrogen (secondary N) is 1. The van der Waals surface area contributed by atoms with E-state index >= 15 is 0 Å². The van der Waals surface area contributed by atoms with Gasteiger partial charge in [0.05, 0.1) is 5.92 Å². The number of rotatable bonds is 6. The highest BCUT2D eigenvalue weighted by molar-refractivity contribution is 5.80. The average molecular weight is 255 g/mol. The smallest absolute Gasteiger partial charge is 0.222 e. The van der Waals surface area contributed by atoms with Gasteiger partial charge in [0.15, 0.2) is 0 Å². The molecule has 18 heavy (non-hydrogen) atoms. The van der Waals surface area contributed by atoms with Gasteiger partial charge in [-0.25, -0.2) is 0 Å². The molecule has 1 aliphatic heterocycles. The Labute approximate surface area is 109 Å². The summed E-state index contributed by atoms with van der Waals surface area (Å²) in [5.41, 5.74) is 5.30. The Kier molecular flexibility index (Phi) is 6.12. The monoisotopic (exact) mass is 255 g/mol. The van der Waals surface area contributed by atoms with Crippen molar-refractivity contribution in [3.8, 4) is 0 Å². The van der Waals surface area contributed by atoms with Crippen LogP contribution >= 0.6 is 0 Å². The molecule has 3 N–H and O–H groups in total. The molecule has 1 rings (SSSR count). The molecule has 5 nitrogen and oxygen atoms in total. The minimum Gasteiger partial charge on any atom is -0.369 e. The van der Waals surface area contributed by atoms with E-state index in [2.05, 4.69) is 19.2 Å². The number of hydrogen-bond donors (Lipinski definition) is 2. The summed E-state index contributed by atoms with van der Waals surface area (Å²) in [6.45, 7) is 6.30. The van der Waals surface area contributed by atoms with Crippen LogP contribution in [0.5, 0.6) is 0 Å². The van der Waals surface area contributed by atoms with Crippen LogP contribution in [0.4, 0.5) is 0 Å². The summed E-state index contributed by atoms with van der Waals surface area (Å²) in [5.74, 6) is -0.294. The highest BCUT2D eigenvalue weighted by atomic mass is 16.2. The third-order valence-electron chi connectivity index (χ3n) is 3.30. The lowest BCUT2D eigenvalue weighted by molar-refractivity contribution is -0.135. The van der Waals surface area contributed by atoms with Gasteiger partial charge in [0.2, 0.25) is 11.8 Å². The molecular weight excluding hydrogens is 230 g/mol. The summed E-state index contributed by atoms with van der Waals surface area (Å²) in [7, 11) is 0. The lowest BCUT2D eigenvalue weighted by Gasteiger charge is -2.31. The van der Waals surface area contributed by atoms with Crippen LogP contribution in [0.3, 0.4) is 0 Å².